The van der Waals surface area contributed by atoms with Gasteiger partial charge in [0.1, 0.15) is 0 Å². The maximum absolute atomic E-state index is 12.4. The summed E-state index contributed by atoms with van der Waals surface area (Å²) in [5, 5.41) is 3.11. The monoisotopic (exact) mass is 306 g/mol. The minimum absolute atomic E-state index is 0.0430. The summed E-state index contributed by atoms with van der Waals surface area (Å²) in [6.45, 7) is 7.01. The van der Waals surface area contributed by atoms with Crippen LogP contribution in [-0.2, 0) is 0 Å². The summed E-state index contributed by atoms with van der Waals surface area (Å²) < 4.78 is 11.1. The highest BCUT2D eigenvalue weighted by molar-refractivity contribution is 5.95. The predicted octanol–water partition coefficient (Wildman–Crippen LogP) is 2.31. The zero-order chi connectivity index (χ0) is 15.9. The van der Waals surface area contributed by atoms with E-state index in [0.29, 0.717) is 30.3 Å². The summed E-state index contributed by atoms with van der Waals surface area (Å²) in [7, 11) is 2.11. The molecule has 0 spiro atoms. The minimum atomic E-state index is -0.0430. The molecule has 22 heavy (non-hydrogen) atoms. The lowest BCUT2D eigenvalue weighted by Crippen LogP contribution is -2.43. The number of ether oxygens (including phenoxy) is 2. The summed E-state index contributed by atoms with van der Waals surface area (Å²) in [6.07, 6.45) is 2.00. The number of piperidine rings is 1. The van der Waals surface area contributed by atoms with E-state index in [0.717, 1.165) is 25.9 Å². The summed E-state index contributed by atoms with van der Waals surface area (Å²) in [6, 6.07) is 5.61. The number of nitrogens with one attached hydrogen (secondary N) is 1. The number of amides is 1. The van der Waals surface area contributed by atoms with E-state index < -0.39 is 0 Å². The van der Waals surface area contributed by atoms with Crippen molar-refractivity contribution in [2.24, 2.45) is 0 Å². The molecule has 1 aliphatic rings. The molecule has 0 unspecified atom stereocenters. The predicted molar refractivity (Wildman–Crippen MR) is 86.8 cm³/mol. The third kappa shape index (κ3) is 4.37. The Morgan fingerprint density at radius 3 is 2.45 bits per heavy atom. The molecular weight excluding hydrogens is 280 g/mol. The molecule has 1 saturated heterocycles. The van der Waals surface area contributed by atoms with Gasteiger partial charge in [-0.2, -0.15) is 0 Å². The van der Waals surface area contributed by atoms with E-state index in [2.05, 4.69) is 17.3 Å². The topological polar surface area (TPSA) is 50.8 Å². The van der Waals surface area contributed by atoms with Crippen molar-refractivity contribution in [2.45, 2.75) is 32.7 Å². The molecule has 0 atom stereocenters. The Balaban J connectivity index is 2.04. The van der Waals surface area contributed by atoms with Crippen molar-refractivity contribution >= 4 is 5.91 Å². The van der Waals surface area contributed by atoms with Crippen molar-refractivity contribution in [3.8, 4) is 11.5 Å². The number of hydrogen-bond acceptors (Lipinski definition) is 4. The number of carbonyl (C=O) groups excluding carboxylic acids is 1. The fourth-order valence-corrected chi connectivity index (χ4v) is 2.61. The van der Waals surface area contributed by atoms with Crippen LogP contribution in [0, 0.1) is 0 Å². The molecule has 1 N–H and O–H groups in total. The van der Waals surface area contributed by atoms with Gasteiger partial charge in [0.05, 0.1) is 13.2 Å². The van der Waals surface area contributed by atoms with Crippen LogP contribution in [0.3, 0.4) is 0 Å². The van der Waals surface area contributed by atoms with Crippen LogP contribution in [-0.4, -0.2) is 50.2 Å². The van der Waals surface area contributed by atoms with Gasteiger partial charge < -0.3 is 19.7 Å². The summed E-state index contributed by atoms with van der Waals surface area (Å²) in [5.74, 6) is 1.26. The maximum atomic E-state index is 12.4. The van der Waals surface area contributed by atoms with Crippen molar-refractivity contribution in [1.29, 1.82) is 0 Å². The first-order chi connectivity index (χ1) is 10.6. The smallest absolute Gasteiger partial charge is 0.251 e. The zero-order valence-electron chi connectivity index (χ0n) is 13.7. The molecule has 0 saturated carbocycles. The number of likely N-dealkylation sites (tertiary alicyclic amines) is 1. The second kappa shape index (κ2) is 8.03. The van der Waals surface area contributed by atoms with E-state index in [4.69, 9.17) is 9.47 Å². The average Bonchev–Trinajstić information content (AvgIpc) is 2.51. The van der Waals surface area contributed by atoms with Gasteiger partial charge in [0.15, 0.2) is 11.5 Å². The Morgan fingerprint density at radius 1 is 1.18 bits per heavy atom. The highest BCUT2D eigenvalue weighted by Crippen LogP contribution is 2.28. The Morgan fingerprint density at radius 2 is 1.82 bits per heavy atom. The first-order valence-corrected chi connectivity index (χ1v) is 8.03. The van der Waals surface area contributed by atoms with Crippen LogP contribution in [0.25, 0.3) is 0 Å². The van der Waals surface area contributed by atoms with Crippen LogP contribution in [0.2, 0.25) is 0 Å². The number of hydrogen-bond donors (Lipinski definition) is 1. The van der Waals surface area contributed by atoms with E-state index in [-0.39, 0.29) is 11.9 Å². The van der Waals surface area contributed by atoms with Crippen LogP contribution >= 0.6 is 0 Å². The van der Waals surface area contributed by atoms with Crippen molar-refractivity contribution in [3.63, 3.8) is 0 Å². The van der Waals surface area contributed by atoms with E-state index >= 15 is 0 Å². The molecule has 1 aromatic carbocycles. The normalized spacial score (nSPS) is 16.3. The molecule has 5 heteroatoms. The number of benzene rings is 1. The molecule has 0 radical (unpaired) electrons. The zero-order valence-corrected chi connectivity index (χ0v) is 13.7. The first-order valence-electron chi connectivity index (χ1n) is 8.03. The van der Waals surface area contributed by atoms with Gasteiger partial charge in [-0.15, -0.1) is 0 Å². The number of rotatable bonds is 6. The first kappa shape index (κ1) is 16.6. The van der Waals surface area contributed by atoms with Crippen molar-refractivity contribution in [2.75, 3.05) is 33.4 Å². The molecule has 1 amide bonds. The van der Waals surface area contributed by atoms with Crippen molar-refractivity contribution in [3.05, 3.63) is 23.8 Å². The molecule has 5 nitrogen and oxygen atoms in total. The molecule has 1 aliphatic heterocycles. The third-order valence-electron chi connectivity index (χ3n) is 3.86. The second-order valence-corrected chi connectivity index (χ2v) is 5.58. The van der Waals surface area contributed by atoms with Crippen LogP contribution in [0.1, 0.15) is 37.0 Å². The summed E-state index contributed by atoms with van der Waals surface area (Å²) in [5.41, 5.74) is 0.617. The number of carbonyl (C=O) groups is 1. The molecule has 1 heterocycles. The molecule has 0 bridgehead atoms. The quantitative estimate of drug-likeness (QED) is 0.876. The molecule has 1 fully saturated rings. The third-order valence-corrected chi connectivity index (χ3v) is 3.86. The van der Waals surface area contributed by atoms with Gasteiger partial charge in [0, 0.05) is 11.6 Å². The van der Waals surface area contributed by atoms with Gasteiger partial charge in [-0.3, -0.25) is 4.79 Å². The molecule has 122 valence electrons. The molecule has 2 rings (SSSR count). The Labute approximate surface area is 132 Å². The minimum Gasteiger partial charge on any atom is -0.490 e. The van der Waals surface area contributed by atoms with Crippen LogP contribution in [0.4, 0.5) is 0 Å². The van der Waals surface area contributed by atoms with E-state index in [9.17, 15) is 4.79 Å². The molecule has 1 aromatic rings. The van der Waals surface area contributed by atoms with E-state index in [1.54, 1.807) is 18.2 Å². The number of nitrogens with zero attached hydrogens (tertiary/aromatic N) is 1. The Hall–Kier alpha value is -1.75. The standard InChI is InChI=1S/C17H26N2O3/c1-4-21-15-7-6-13(12-16(15)22-5-2)17(20)18-14-8-10-19(3)11-9-14/h6-7,12,14H,4-5,8-11H2,1-3H3,(H,18,20). The van der Waals surface area contributed by atoms with Gasteiger partial charge in [0.25, 0.3) is 5.91 Å². The Kier molecular flexibility index (Phi) is 6.07. The average molecular weight is 306 g/mol. The summed E-state index contributed by atoms with van der Waals surface area (Å²) in [4.78, 5) is 14.7. The maximum Gasteiger partial charge on any atom is 0.251 e. The molecular formula is C17H26N2O3. The van der Waals surface area contributed by atoms with Crippen LogP contribution < -0.4 is 14.8 Å². The van der Waals surface area contributed by atoms with Gasteiger partial charge in [-0.1, -0.05) is 0 Å². The van der Waals surface area contributed by atoms with E-state index in [1.165, 1.54) is 0 Å². The van der Waals surface area contributed by atoms with Crippen molar-refractivity contribution < 1.29 is 14.3 Å². The lowest BCUT2D eigenvalue weighted by Gasteiger charge is -2.29. The van der Waals surface area contributed by atoms with Crippen LogP contribution in [0.15, 0.2) is 18.2 Å². The summed E-state index contributed by atoms with van der Waals surface area (Å²) >= 11 is 0. The lowest BCUT2D eigenvalue weighted by atomic mass is 10.0. The highest BCUT2D eigenvalue weighted by Gasteiger charge is 2.20. The second-order valence-electron chi connectivity index (χ2n) is 5.58. The highest BCUT2D eigenvalue weighted by atomic mass is 16.5. The van der Waals surface area contributed by atoms with E-state index in [1.807, 2.05) is 13.8 Å². The fraction of sp³-hybridized carbons (Fsp3) is 0.588. The van der Waals surface area contributed by atoms with Gasteiger partial charge in [-0.05, 0) is 65.0 Å². The lowest BCUT2D eigenvalue weighted by molar-refractivity contribution is 0.0916. The van der Waals surface area contributed by atoms with Gasteiger partial charge in [0.2, 0.25) is 0 Å². The Bertz CT molecular complexity index is 497. The van der Waals surface area contributed by atoms with Crippen LogP contribution in [0.5, 0.6) is 11.5 Å². The molecule has 0 aliphatic carbocycles. The fourth-order valence-electron chi connectivity index (χ4n) is 2.61. The molecule has 0 aromatic heterocycles. The largest absolute Gasteiger partial charge is 0.490 e. The van der Waals surface area contributed by atoms with Gasteiger partial charge in [-0.25, -0.2) is 0 Å². The van der Waals surface area contributed by atoms with Gasteiger partial charge >= 0.3 is 0 Å². The SMILES string of the molecule is CCOc1ccc(C(=O)NC2CCN(C)CC2)cc1OCC. The van der Waals surface area contributed by atoms with Crippen molar-refractivity contribution in [1.82, 2.24) is 10.2 Å².